The SMILES string of the molecule is O=C(NCc1cccs1)c1nn([N+](=O)[O-])c2ccccc12. The van der Waals surface area contributed by atoms with Crippen LogP contribution in [0.1, 0.15) is 15.4 Å². The van der Waals surface area contributed by atoms with Gasteiger partial charge in [-0.3, -0.25) is 4.79 Å². The number of nitro groups is 1. The molecular weight excluding hydrogens is 292 g/mol. The fourth-order valence-corrected chi connectivity index (χ4v) is 2.65. The molecule has 3 rings (SSSR count). The number of nitrogens with one attached hydrogen (secondary N) is 1. The van der Waals surface area contributed by atoms with Crippen molar-refractivity contribution < 1.29 is 9.83 Å². The second-order valence-electron chi connectivity index (χ2n) is 4.26. The highest BCUT2D eigenvalue weighted by Gasteiger charge is 2.24. The van der Waals surface area contributed by atoms with Crippen molar-refractivity contribution in [3.63, 3.8) is 0 Å². The molecule has 0 saturated carbocycles. The first-order chi connectivity index (χ1) is 10.2. The van der Waals surface area contributed by atoms with E-state index in [1.807, 2.05) is 17.5 Å². The van der Waals surface area contributed by atoms with Gasteiger partial charge in [0.1, 0.15) is 5.52 Å². The summed E-state index contributed by atoms with van der Waals surface area (Å²) in [7, 11) is 0. The molecule has 1 N–H and O–H groups in total. The lowest BCUT2D eigenvalue weighted by Crippen LogP contribution is -2.23. The maximum Gasteiger partial charge on any atom is 0.299 e. The first-order valence-electron chi connectivity index (χ1n) is 6.10. The largest absolute Gasteiger partial charge is 0.344 e. The number of hydrogen-bond acceptors (Lipinski definition) is 5. The zero-order valence-corrected chi connectivity index (χ0v) is 11.5. The van der Waals surface area contributed by atoms with Gasteiger partial charge in [-0.15, -0.1) is 11.3 Å². The van der Waals surface area contributed by atoms with Gasteiger partial charge in [0.2, 0.25) is 0 Å². The smallest absolute Gasteiger partial charge is 0.299 e. The van der Waals surface area contributed by atoms with E-state index < -0.39 is 10.9 Å². The van der Waals surface area contributed by atoms with Gasteiger partial charge in [-0.25, -0.2) is 0 Å². The number of rotatable bonds is 4. The topological polar surface area (TPSA) is 90.1 Å². The zero-order chi connectivity index (χ0) is 14.8. The van der Waals surface area contributed by atoms with E-state index in [4.69, 9.17) is 0 Å². The monoisotopic (exact) mass is 302 g/mol. The predicted molar refractivity (Wildman–Crippen MR) is 77.6 cm³/mol. The Morgan fingerprint density at radius 1 is 1.33 bits per heavy atom. The number of hydrogen-bond donors (Lipinski definition) is 1. The van der Waals surface area contributed by atoms with Crippen LogP contribution in [0, 0.1) is 10.1 Å². The van der Waals surface area contributed by atoms with Crippen LogP contribution in [0.25, 0.3) is 10.9 Å². The third kappa shape index (κ3) is 2.48. The van der Waals surface area contributed by atoms with Gasteiger partial charge in [0, 0.05) is 9.67 Å². The molecule has 0 fully saturated rings. The van der Waals surface area contributed by atoms with E-state index in [1.54, 1.807) is 24.3 Å². The molecule has 8 heteroatoms. The standard InChI is InChI=1S/C13H10N4O3S/c18-13(14-8-9-4-3-7-21-9)12-10-5-1-2-6-11(10)16(15-12)17(19)20/h1-7H,8H2,(H,14,18). The number of carbonyl (C=O) groups is 1. The third-order valence-corrected chi connectivity index (χ3v) is 3.82. The minimum absolute atomic E-state index is 0.0545. The van der Waals surface area contributed by atoms with Crippen molar-refractivity contribution in [2.24, 2.45) is 0 Å². The minimum atomic E-state index is -0.654. The highest BCUT2D eigenvalue weighted by Crippen LogP contribution is 2.18. The predicted octanol–water partition coefficient (Wildman–Crippen LogP) is 2.07. The van der Waals surface area contributed by atoms with Crippen LogP contribution in [0.5, 0.6) is 0 Å². The van der Waals surface area contributed by atoms with E-state index in [1.165, 1.54) is 11.3 Å². The van der Waals surface area contributed by atoms with Crippen LogP contribution in [0.3, 0.4) is 0 Å². The molecule has 106 valence electrons. The van der Waals surface area contributed by atoms with Crippen LogP contribution >= 0.6 is 11.3 Å². The molecule has 21 heavy (non-hydrogen) atoms. The molecule has 0 bridgehead atoms. The van der Waals surface area contributed by atoms with E-state index in [2.05, 4.69) is 10.4 Å². The number of para-hydroxylation sites is 1. The summed E-state index contributed by atoms with van der Waals surface area (Å²) in [5, 5.41) is 19.2. The molecule has 2 heterocycles. The van der Waals surface area contributed by atoms with Crippen molar-refractivity contribution in [2.75, 3.05) is 0 Å². The van der Waals surface area contributed by atoms with Crippen molar-refractivity contribution >= 4 is 28.1 Å². The van der Waals surface area contributed by atoms with Crippen LogP contribution in [-0.2, 0) is 6.54 Å². The molecule has 0 aliphatic heterocycles. The van der Waals surface area contributed by atoms with Crippen LogP contribution in [0.15, 0.2) is 41.8 Å². The summed E-state index contributed by atoms with van der Waals surface area (Å²) in [6.07, 6.45) is 0. The van der Waals surface area contributed by atoms with Gasteiger partial charge in [0.05, 0.1) is 22.1 Å². The van der Waals surface area contributed by atoms with Gasteiger partial charge < -0.3 is 15.4 Å². The van der Waals surface area contributed by atoms with Crippen LogP contribution in [0.2, 0.25) is 0 Å². The highest BCUT2D eigenvalue weighted by atomic mass is 32.1. The van der Waals surface area contributed by atoms with Crippen molar-refractivity contribution in [2.45, 2.75) is 6.54 Å². The van der Waals surface area contributed by atoms with Gasteiger partial charge >= 0.3 is 0 Å². The summed E-state index contributed by atoms with van der Waals surface area (Å²) in [6.45, 7) is 0.371. The van der Waals surface area contributed by atoms with E-state index in [0.29, 0.717) is 22.2 Å². The molecule has 0 atom stereocenters. The lowest BCUT2D eigenvalue weighted by Gasteiger charge is -1.98. The first kappa shape index (κ1) is 13.3. The first-order valence-corrected chi connectivity index (χ1v) is 6.98. The molecule has 1 aromatic carbocycles. The quantitative estimate of drug-likeness (QED) is 0.590. The van der Waals surface area contributed by atoms with Crippen molar-refractivity contribution in [3.05, 3.63) is 62.5 Å². The van der Waals surface area contributed by atoms with Gasteiger partial charge in [-0.05, 0) is 23.6 Å². The summed E-state index contributed by atoms with van der Waals surface area (Å²) in [5.41, 5.74) is 0.350. The van der Waals surface area contributed by atoms with E-state index in [0.717, 1.165) is 4.88 Å². The lowest BCUT2D eigenvalue weighted by molar-refractivity contribution is -0.548. The normalized spacial score (nSPS) is 10.7. The minimum Gasteiger partial charge on any atom is -0.344 e. The Morgan fingerprint density at radius 3 is 2.86 bits per heavy atom. The molecule has 7 nitrogen and oxygen atoms in total. The molecule has 0 spiro atoms. The molecule has 0 unspecified atom stereocenters. The maximum absolute atomic E-state index is 12.2. The maximum atomic E-state index is 12.2. The summed E-state index contributed by atoms with van der Waals surface area (Å²) in [5.74, 6) is -0.430. The molecular formula is C13H10N4O3S. The number of benzene rings is 1. The van der Waals surface area contributed by atoms with E-state index in [-0.39, 0.29) is 5.69 Å². The number of aromatic nitrogens is 2. The Kier molecular flexibility index (Phi) is 3.36. The molecule has 1 amide bonds. The summed E-state index contributed by atoms with van der Waals surface area (Å²) in [4.78, 5) is 24.8. The Labute approximate surface area is 122 Å². The van der Waals surface area contributed by atoms with Crippen LogP contribution < -0.4 is 5.32 Å². The number of amides is 1. The third-order valence-electron chi connectivity index (χ3n) is 2.94. The Morgan fingerprint density at radius 2 is 2.14 bits per heavy atom. The van der Waals surface area contributed by atoms with Crippen LogP contribution in [0.4, 0.5) is 0 Å². The number of fused-ring (bicyclic) bond motifs is 1. The van der Waals surface area contributed by atoms with E-state index >= 15 is 0 Å². The van der Waals surface area contributed by atoms with Crippen molar-refractivity contribution in [1.82, 2.24) is 15.2 Å². The van der Waals surface area contributed by atoms with Crippen molar-refractivity contribution in [3.8, 4) is 0 Å². The molecule has 3 aromatic rings. The molecule has 0 saturated heterocycles. The Hall–Kier alpha value is -2.74. The average molecular weight is 302 g/mol. The fourth-order valence-electron chi connectivity index (χ4n) is 2.01. The highest BCUT2D eigenvalue weighted by molar-refractivity contribution is 7.09. The number of nitrogens with zero attached hydrogens (tertiary/aromatic N) is 3. The Bertz CT molecular complexity index is 810. The summed E-state index contributed by atoms with van der Waals surface area (Å²) >= 11 is 1.53. The van der Waals surface area contributed by atoms with Crippen LogP contribution in [-0.4, -0.2) is 20.8 Å². The average Bonchev–Trinajstić information content (AvgIpc) is 3.12. The van der Waals surface area contributed by atoms with Gasteiger partial charge in [-0.1, -0.05) is 18.2 Å². The van der Waals surface area contributed by atoms with Gasteiger partial charge in [-0.2, -0.15) is 0 Å². The van der Waals surface area contributed by atoms with Gasteiger partial charge in [0.25, 0.3) is 11.6 Å². The molecule has 2 aromatic heterocycles. The number of carbonyl (C=O) groups excluding carboxylic acids is 1. The molecule has 0 aliphatic rings. The van der Waals surface area contributed by atoms with E-state index in [9.17, 15) is 14.9 Å². The summed E-state index contributed by atoms with van der Waals surface area (Å²) < 4.78 is 0. The second-order valence-corrected chi connectivity index (χ2v) is 5.29. The molecule has 0 radical (unpaired) electrons. The fraction of sp³-hybridized carbons (Fsp3) is 0.0769. The van der Waals surface area contributed by atoms with Gasteiger partial charge in [0.15, 0.2) is 0 Å². The zero-order valence-electron chi connectivity index (χ0n) is 10.7. The van der Waals surface area contributed by atoms with Crippen molar-refractivity contribution in [1.29, 1.82) is 0 Å². The second kappa shape index (κ2) is 5.33. The lowest BCUT2D eigenvalue weighted by atomic mass is 10.2. The number of thiophene rings is 1. The Balaban J connectivity index is 1.92. The summed E-state index contributed by atoms with van der Waals surface area (Å²) in [6, 6.07) is 10.4. The molecule has 0 aliphatic carbocycles.